The number of ether oxygens (including phenoxy) is 1. The molecule has 0 saturated heterocycles. The normalized spacial score (nSPS) is 11.6. The van der Waals surface area contributed by atoms with Gasteiger partial charge in [-0.1, -0.05) is 18.2 Å². The minimum absolute atomic E-state index is 0.500. The minimum atomic E-state index is -4.53. The number of sulfonamides is 1. The van der Waals surface area contributed by atoms with Gasteiger partial charge in [0.15, 0.2) is 40.7 Å². The van der Waals surface area contributed by atoms with E-state index in [0.717, 1.165) is 19.2 Å². The fraction of sp³-hybridized carbons (Fsp3) is 0.0526. The van der Waals surface area contributed by atoms with Crippen molar-refractivity contribution in [2.75, 3.05) is 7.11 Å². The van der Waals surface area contributed by atoms with Crippen molar-refractivity contribution in [3.63, 3.8) is 0 Å². The van der Waals surface area contributed by atoms with Crippen LogP contribution in [-0.2, 0) is 10.0 Å². The molecule has 4 nitrogen and oxygen atoms in total. The molecular formula is C19H11F6NO3S. The van der Waals surface area contributed by atoms with Crippen LogP contribution in [0.4, 0.5) is 26.3 Å². The van der Waals surface area contributed by atoms with Crippen LogP contribution in [0.5, 0.6) is 5.75 Å². The summed E-state index contributed by atoms with van der Waals surface area (Å²) < 4.78 is 114. The summed E-state index contributed by atoms with van der Waals surface area (Å²) in [6.07, 6.45) is 0. The van der Waals surface area contributed by atoms with Gasteiger partial charge in [-0.15, -0.1) is 0 Å². The molecule has 2 N–H and O–H groups in total. The number of hydrogen-bond donors (Lipinski definition) is 1. The Morgan fingerprint density at radius 3 is 1.80 bits per heavy atom. The van der Waals surface area contributed by atoms with E-state index in [9.17, 15) is 34.8 Å². The van der Waals surface area contributed by atoms with E-state index in [0.29, 0.717) is 12.1 Å². The molecule has 0 amide bonds. The Balaban J connectivity index is 2.52. The SMILES string of the molecule is COc1c(F)cc(-c2c(F)c(F)c(F)c(F)c2-c2ccccc2S(N)(=O)=O)cc1F. The number of methoxy groups -OCH3 is 1. The molecule has 30 heavy (non-hydrogen) atoms. The van der Waals surface area contributed by atoms with Crippen molar-refractivity contribution < 1.29 is 39.5 Å². The van der Waals surface area contributed by atoms with E-state index in [2.05, 4.69) is 4.74 Å². The maximum absolute atomic E-state index is 14.8. The van der Waals surface area contributed by atoms with Gasteiger partial charge >= 0.3 is 0 Å². The zero-order chi connectivity index (χ0) is 22.4. The van der Waals surface area contributed by atoms with E-state index in [1.165, 1.54) is 12.1 Å². The molecule has 3 aromatic rings. The van der Waals surface area contributed by atoms with Gasteiger partial charge in [-0.2, -0.15) is 0 Å². The Kier molecular flexibility index (Phi) is 5.52. The molecule has 0 heterocycles. The Labute approximate surface area is 166 Å². The summed E-state index contributed by atoms with van der Waals surface area (Å²) in [5, 5.41) is 5.08. The van der Waals surface area contributed by atoms with Crippen molar-refractivity contribution in [3.05, 3.63) is 71.3 Å². The highest BCUT2D eigenvalue weighted by Gasteiger charge is 2.30. The van der Waals surface area contributed by atoms with Crippen molar-refractivity contribution in [2.45, 2.75) is 4.90 Å². The lowest BCUT2D eigenvalue weighted by Gasteiger charge is -2.17. The largest absolute Gasteiger partial charge is 0.491 e. The average Bonchev–Trinajstić information content (AvgIpc) is 2.68. The third-order valence-corrected chi connectivity index (χ3v) is 5.19. The molecule has 0 aromatic heterocycles. The predicted octanol–water partition coefficient (Wildman–Crippen LogP) is 4.51. The molecular weight excluding hydrogens is 436 g/mol. The smallest absolute Gasteiger partial charge is 0.238 e. The van der Waals surface area contributed by atoms with E-state index in [-0.39, 0.29) is 0 Å². The first-order valence-electron chi connectivity index (χ1n) is 8.00. The average molecular weight is 447 g/mol. The molecule has 0 bridgehead atoms. The number of hydrogen-bond acceptors (Lipinski definition) is 3. The molecule has 0 aliphatic carbocycles. The van der Waals surface area contributed by atoms with Crippen molar-refractivity contribution >= 4 is 10.0 Å². The van der Waals surface area contributed by atoms with Crippen molar-refractivity contribution in [1.29, 1.82) is 0 Å². The van der Waals surface area contributed by atoms with Gasteiger partial charge in [0.1, 0.15) is 0 Å². The highest BCUT2D eigenvalue weighted by molar-refractivity contribution is 7.89. The molecule has 158 valence electrons. The number of benzene rings is 3. The Bertz CT molecular complexity index is 1250. The Hall–Kier alpha value is -3.05. The summed E-state index contributed by atoms with van der Waals surface area (Å²) in [5.74, 6) is -12.0. The Morgan fingerprint density at radius 2 is 1.30 bits per heavy atom. The van der Waals surface area contributed by atoms with Crippen LogP contribution in [0.25, 0.3) is 22.3 Å². The Morgan fingerprint density at radius 1 is 0.800 bits per heavy atom. The van der Waals surface area contributed by atoms with Crippen LogP contribution < -0.4 is 9.88 Å². The summed E-state index contributed by atoms with van der Waals surface area (Å²) in [5.41, 5.74) is -3.56. The van der Waals surface area contributed by atoms with Gasteiger partial charge in [0.05, 0.1) is 12.0 Å². The van der Waals surface area contributed by atoms with Crippen LogP contribution >= 0.6 is 0 Å². The van der Waals surface area contributed by atoms with E-state index in [1.54, 1.807) is 0 Å². The lowest BCUT2D eigenvalue weighted by atomic mass is 9.92. The lowest BCUT2D eigenvalue weighted by Crippen LogP contribution is -2.14. The van der Waals surface area contributed by atoms with Crippen LogP contribution in [0, 0.1) is 34.9 Å². The van der Waals surface area contributed by atoms with Gasteiger partial charge < -0.3 is 4.74 Å². The van der Waals surface area contributed by atoms with Crippen LogP contribution in [0.3, 0.4) is 0 Å². The third-order valence-electron chi connectivity index (χ3n) is 4.22. The summed E-state index contributed by atoms with van der Waals surface area (Å²) in [6, 6.07) is 5.27. The highest BCUT2D eigenvalue weighted by Crippen LogP contribution is 2.42. The van der Waals surface area contributed by atoms with E-state index in [1.807, 2.05) is 0 Å². The fourth-order valence-corrected chi connectivity index (χ4v) is 3.72. The van der Waals surface area contributed by atoms with Crippen molar-refractivity contribution in [3.8, 4) is 28.0 Å². The lowest BCUT2D eigenvalue weighted by molar-refractivity contribution is 0.360. The van der Waals surface area contributed by atoms with Gasteiger partial charge in [0, 0.05) is 16.7 Å². The zero-order valence-corrected chi connectivity index (χ0v) is 15.8. The van der Waals surface area contributed by atoms with Crippen molar-refractivity contribution in [1.82, 2.24) is 0 Å². The topological polar surface area (TPSA) is 69.4 Å². The maximum Gasteiger partial charge on any atom is 0.238 e. The summed E-state index contributed by atoms with van der Waals surface area (Å²) in [4.78, 5) is -0.745. The molecule has 3 rings (SSSR count). The first kappa shape index (κ1) is 21.7. The molecule has 0 aliphatic rings. The monoisotopic (exact) mass is 447 g/mol. The first-order chi connectivity index (χ1) is 14.0. The molecule has 0 atom stereocenters. The summed E-state index contributed by atoms with van der Waals surface area (Å²) in [7, 11) is -3.58. The highest BCUT2D eigenvalue weighted by atomic mass is 32.2. The van der Waals surface area contributed by atoms with E-state index in [4.69, 9.17) is 5.14 Å². The number of halogens is 6. The van der Waals surface area contributed by atoms with Gasteiger partial charge in [-0.25, -0.2) is 39.9 Å². The van der Waals surface area contributed by atoms with Gasteiger partial charge in [0.25, 0.3) is 0 Å². The van der Waals surface area contributed by atoms with Gasteiger partial charge in [0.2, 0.25) is 10.0 Å². The second-order valence-electron chi connectivity index (χ2n) is 6.02. The standard InChI is InChI=1S/C19H11F6NO3S/c1-29-19-10(20)6-8(7-11(19)21)13-14(16(23)18(25)17(24)15(13)22)9-4-2-3-5-12(9)30(26,27)28/h2-7H,1H3,(H2,26,27,28). The molecule has 0 fully saturated rings. The quantitative estimate of drug-likeness (QED) is 0.364. The van der Waals surface area contributed by atoms with Gasteiger partial charge in [-0.3, -0.25) is 0 Å². The second kappa shape index (κ2) is 7.65. The summed E-state index contributed by atoms with van der Waals surface area (Å²) >= 11 is 0. The third kappa shape index (κ3) is 3.50. The molecule has 3 aromatic carbocycles. The number of rotatable bonds is 4. The minimum Gasteiger partial charge on any atom is -0.491 e. The fourth-order valence-electron chi connectivity index (χ4n) is 2.98. The van der Waals surface area contributed by atoms with Crippen LogP contribution in [-0.4, -0.2) is 15.5 Å². The maximum atomic E-state index is 14.8. The van der Waals surface area contributed by atoms with E-state index >= 15 is 0 Å². The molecule has 0 unspecified atom stereocenters. The first-order valence-corrected chi connectivity index (χ1v) is 9.55. The predicted molar refractivity (Wildman–Crippen MR) is 95.0 cm³/mol. The molecule has 0 radical (unpaired) electrons. The molecule has 0 aliphatic heterocycles. The zero-order valence-electron chi connectivity index (χ0n) is 14.9. The molecule has 0 saturated carbocycles. The molecule has 11 heteroatoms. The van der Waals surface area contributed by atoms with Crippen LogP contribution in [0.15, 0.2) is 41.3 Å². The molecule has 0 spiro atoms. The van der Waals surface area contributed by atoms with E-state index < -0.39 is 77.8 Å². The van der Waals surface area contributed by atoms with Crippen molar-refractivity contribution in [2.24, 2.45) is 5.14 Å². The number of primary sulfonamides is 1. The van der Waals surface area contributed by atoms with Crippen LogP contribution in [0.2, 0.25) is 0 Å². The number of nitrogens with two attached hydrogens (primary N) is 1. The van der Waals surface area contributed by atoms with Crippen LogP contribution in [0.1, 0.15) is 0 Å². The second-order valence-corrected chi connectivity index (χ2v) is 7.55. The van der Waals surface area contributed by atoms with Gasteiger partial charge in [-0.05, 0) is 23.8 Å². The summed E-state index contributed by atoms with van der Waals surface area (Å²) in [6.45, 7) is 0.